The fourth-order valence-corrected chi connectivity index (χ4v) is 2.29. The van der Waals surface area contributed by atoms with Crippen LogP contribution < -0.4 is 5.56 Å². The lowest BCUT2D eigenvalue weighted by molar-refractivity contribution is 1.19. The van der Waals surface area contributed by atoms with Crippen LogP contribution >= 0.6 is 15.9 Å². The Morgan fingerprint density at radius 1 is 1.36 bits per heavy atom. The maximum atomic E-state index is 11.6. The highest BCUT2D eigenvalue weighted by Crippen LogP contribution is 2.17. The van der Waals surface area contributed by atoms with E-state index in [4.69, 9.17) is 0 Å². The number of alkyl halides is 1. The molecule has 0 bridgehead atoms. The van der Waals surface area contributed by atoms with Crippen LogP contribution in [0.5, 0.6) is 0 Å². The predicted octanol–water partition coefficient (Wildman–Crippen LogP) is 2.73. The van der Waals surface area contributed by atoms with Crippen LogP contribution in [0.1, 0.15) is 11.1 Å². The van der Waals surface area contributed by atoms with Crippen LogP contribution in [0.4, 0.5) is 0 Å². The fraction of sp³-hybridized carbons (Fsp3) is 0.182. The number of fused-ring (bicyclic) bond motifs is 1. The molecule has 0 amide bonds. The molecule has 0 spiro atoms. The summed E-state index contributed by atoms with van der Waals surface area (Å²) in [6.45, 7) is 1.98. The van der Waals surface area contributed by atoms with Gasteiger partial charge < -0.3 is 4.98 Å². The number of halogens is 1. The van der Waals surface area contributed by atoms with Crippen molar-refractivity contribution in [1.29, 1.82) is 0 Å². The number of aromatic nitrogens is 1. The van der Waals surface area contributed by atoms with Crippen LogP contribution in [-0.2, 0) is 5.33 Å². The molecule has 2 nitrogen and oxygen atoms in total. The van der Waals surface area contributed by atoms with Gasteiger partial charge in [0.1, 0.15) is 0 Å². The van der Waals surface area contributed by atoms with Gasteiger partial charge in [-0.2, -0.15) is 0 Å². The van der Waals surface area contributed by atoms with Gasteiger partial charge in [-0.1, -0.05) is 34.1 Å². The lowest BCUT2D eigenvalue weighted by Crippen LogP contribution is -2.13. The molecule has 0 aliphatic rings. The molecule has 14 heavy (non-hydrogen) atoms. The van der Waals surface area contributed by atoms with E-state index in [1.165, 1.54) is 0 Å². The Labute approximate surface area is 90.1 Å². The maximum Gasteiger partial charge on any atom is 0.252 e. The lowest BCUT2D eigenvalue weighted by atomic mass is 10.1. The predicted molar refractivity (Wildman–Crippen MR) is 61.9 cm³/mol. The monoisotopic (exact) mass is 251 g/mol. The minimum Gasteiger partial charge on any atom is -0.322 e. The third-order valence-electron chi connectivity index (χ3n) is 2.44. The molecule has 2 aromatic rings. The highest BCUT2D eigenvalue weighted by Gasteiger charge is 2.06. The van der Waals surface area contributed by atoms with Crippen LogP contribution in [0.15, 0.2) is 29.1 Å². The number of hydrogen-bond acceptors (Lipinski definition) is 1. The van der Waals surface area contributed by atoms with Crippen LogP contribution in [0.3, 0.4) is 0 Å². The molecule has 3 heteroatoms. The number of pyridine rings is 1. The van der Waals surface area contributed by atoms with Crippen molar-refractivity contribution in [2.75, 3.05) is 0 Å². The molecule has 0 saturated carbocycles. The average molecular weight is 252 g/mol. The van der Waals surface area contributed by atoms with Gasteiger partial charge in [-0.25, -0.2) is 0 Å². The molecule has 72 valence electrons. The smallest absolute Gasteiger partial charge is 0.252 e. The molecule has 0 fully saturated rings. The molecule has 0 unspecified atom stereocenters. The number of rotatable bonds is 1. The van der Waals surface area contributed by atoms with E-state index in [1.807, 2.05) is 31.2 Å². The Balaban J connectivity index is 2.93. The third kappa shape index (κ3) is 1.38. The van der Waals surface area contributed by atoms with Crippen molar-refractivity contribution in [2.45, 2.75) is 12.3 Å². The Kier molecular flexibility index (Phi) is 2.42. The van der Waals surface area contributed by atoms with Gasteiger partial charge in [0.05, 0.1) is 0 Å². The number of aromatic amines is 1. The van der Waals surface area contributed by atoms with Crippen molar-refractivity contribution in [2.24, 2.45) is 0 Å². The van der Waals surface area contributed by atoms with Gasteiger partial charge in [-0.15, -0.1) is 0 Å². The second-order valence-corrected chi connectivity index (χ2v) is 3.80. The van der Waals surface area contributed by atoms with Crippen LogP contribution in [0.2, 0.25) is 0 Å². The van der Waals surface area contributed by atoms with Gasteiger partial charge in [0, 0.05) is 21.8 Å². The van der Waals surface area contributed by atoms with Crippen LogP contribution in [-0.4, -0.2) is 4.98 Å². The first-order chi connectivity index (χ1) is 6.74. The number of nitrogens with one attached hydrogen (secondary N) is 1. The normalized spacial score (nSPS) is 10.7. The molecule has 1 aromatic carbocycles. The zero-order valence-electron chi connectivity index (χ0n) is 7.80. The Bertz CT molecular complexity index is 530. The molecule has 1 N–H and O–H groups in total. The van der Waals surface area contributed by atoms with Gasteiger partial charge in [0.2, 0.25) is 0 Å². The highest BCUT2D eigenvalue weighted by molar-refractivity contribution is 9.08. The number of benzene rings is 1. The van der Waals surface area contributed by atoms with Gasteiger partial charge in [0.25, 0.3) is 5.56 Å². The van der Waals surface area contributed by atoms with E-state index in [1.54, 1.807) is 0 Å². The van der Waals surface area contributed by atoms with E-state index < -0.39 is 0 Å². The first-order valence-corrected chi connectivity index (χ1v) is 5.52. The zero-order valence-corrected chi connectivity index (χ0v) is 9.39. The van der Waals surface area contributed by atoms with E-state index in [9.17, 15) is 4.79 Å². The molecule has 1 aromatic heterocycles. The largest absolute Gasteiger partial charge is 0.322 e. The van der Waals surface area contributed by atoms with Gasteiger partial charge in [-0.3, -0.25) is 4.79 Å². The zero-order chi connectivity index (χ0) is 10.1. The minimum absolute atomic E-state index is 0.00178. The highest BCUT2D eigenvalue weighted by atomic mass is 79.9. The summed E-state index contributed by atoms with van der Waals surface area (Å²) in [5, 5.41) is 1.71. The second-order valence-electron chi connectivity index (χ2n) is 3.24. The van der Waals surface area contributed by atoms with Gasteiger partial charge in [0.15, 0.2) is 0 Å². The van der Waals surface area contributed by atoms with E-state index in [0.717, 1.165) is 22.0 Å². The van der Waals surface area contributed by atoms with Crippen molar-refractivity contribution >= 4 is 26.8 Å². The number of aryl methyl sites for hydroxylation is 1. The summed E-state index contributed by atoms with van der Waals surface area (Å²) in [5.41, 5.74) is 2.77. The van der Waals surface area contributed by atoms with Crippen molar-refractivity contribution < 1.29 is 0 Å². The van der Waals surface area contributed by atoms with Crippen molar-refractivity contribution in [3.8, 4) is 0 Å². The Morgan fingerprint density at radius 2 is 2.07 bits per heavy atom. The van der Waals surface area contributed by atoms with E-state index >= 15 is 0 Å². The first-order valence-electron chi connectivity index (χ1n) is 4.40. The molecule has 0 saturated heterocycles. The number of para-hydroxylation sites is 1. The minimum atomic E-state index is -0.00178. The summed E-state index contributed by atoms with van der Waals surface area (Å²) in [6.07, 6.45) is 0. The van der Waals surface area contributed by atoms with Gasteiger partial charge in [-0.05, 0) is 18.6 Å². The standard InChI is InChI=1S/C11H10BrNO/c1-7-8-4-2-3-5-10(8)13-11(14)9(7)6-12/h2-5H,6H2,1H3,(H,13,14). The molecule has 2 rings (SSSR count). The lowest BCUT2D eigenvalue weighted by Gasteiger charge is -2.05. The molecule has 0 aliphatic carbocycles. The van der Waals surface area contributed by atoms with Crippen molar-refractivity contribution in [1.82, 2.24) is 4.98 Å². The van der Waals surface area contributed by atoms with Crippen LogP contribution in [0, 0.1) is 6.92 Å². The second kappa shape index (κ2) is 3.58. The van der Waals surface area contributed by atoms with E-state index in [0.29, 0.717) is 5.33 Å². The fourth-order valence-electron chi connectivity index (χ4n) is 1.61. The first kappa shape index (κ1) is 9.46. The molecule has 0 radical (unpaired) electrons. The summed E-state index contributed by atoms with van der Waals surface area (Å²) in [7, 11) is 0. The van der Waals surface area contributed by atoms with E-state index in [-0.39, 0.29) is 5.56 Å². The summed E-state index contributed by atoms with van der Waals surface area (Å²) < 4.78 is 0. The average Bonchev–Trinajstić information content (AvgIpc) is 2.18. The van der Waals surface area contributed by atoms with Crippen molar-refractivity contribution in [3.05, 3.63) is 45.7 Å². The van der Waals surface area contributed by atoms with E-state index in [2.05, 4.69) is 20.9 Å². The number of H-pyrrole nitrogens is 1. The quantitative estimate of drug-likeness (QED) is 0.777. The molecule has 0 aliphatic heterocycles. The summed E-state index contributed by atoms with van der Waals surface area (Å²) in [6, 6.07) is 7.84. The Hall–Kier alpha value is -1.09. The molecular formula is C11H10BrNO. The summed E-state index contributed by atoms with van der Waals surface area (Å²) in [4.78, 5) is 14.5. The summed E-state index contributed by atoms with van der Waals surface area (Å²) in [5.74, 6) is 0. The Morgan fingerprint density at radius 3 is 2.79 bits per heavy atom. The third-order valence-corrected chi connectivity index (χ3v) is 3.00. The number of hydrogen-bond donors (Lipinski definition) is 1. The maximum absolute atomic E-state index is 11.6. The molecule has 0 atom stereocenters. The summed E-state index contributed by atoms with van der Waals surface area (Å²) >= 11 is 3.32. The SMILES string of the molecule is Cc1c(CBr)c(=O)[nH]c2ccccc12. The van der Waals surface area contributed by atoms with Crippen LogP contribution in [0.25, 0.3) is 10.9 Å². The molecular weight excluding hydrogens is 242 g/mol. The molecule has 1 heterocycles. The topological polar surface area (TPSA) is 32.9 Å². The van der Waals surface area contributed by atoms with Crippen molar-refractivity contribution in [3.63, 3.8) is 0 Å². The van der Waals surface area contributed by atoms with Gasteiger partial charge >= 0.3 is 0 Å².